The van der Waals surface area contributed by atoms with Crippen molar-refractivity contribution in [1.82, 2.24) is 5.32 Å². The number of aliphatic hydroxyl groups is 1. The van der Waals surface area contributed by atoms with Crippen LogP contribution in [0.25, 0.3) is 0 Å². The third-order valence-corrected chi connectivity index (χ3v) is 1.91. The minimum Gasteiger partial charge on any atom is -0.464 e. The Balaban J connectivity index is 2.43. The second-order valence-corrected chi connectivity index (χ2v) is 3.16. The van der Waals surface area contributed by atoms with Gasteiger partial charge in [-0.2, -0.15) is 0 Å². The maximum atomic E-state index is 11.0. The molecule has 0 radical (unpaired) electrons. The summed E-state index contributed by atoms with van der Waals surface area (Å²) in [6.45, 7) is 2.50. The van der Waals surface area contributed by atoms with Gasteiger partial charge in [0.15, 0.2) is 0 Å². The molecular formula is C8H15NO3. The van der Waals surface area contributed by atoms with Crippen molar-refractivity contribution in [3.63, 3.8) is 0 Å². The van der Waals surface area contributed by atoms with Gasteiger partial charge in [0.1, 0.15) is 6.61 Å². The summed E-state index contributed by atoms with van der Waals surface area (Å²) in [5.74, 6) is -0.176. The van der Waals surface area contributed by atoms with Crippen LogP contribution in [0.2, 0.25) is 0 Å². The predicted octanol–water partition coefficient (Wildman–Crippen LogP) is -0.338. The first-order valence-electron chi connectivity index (χ1n) is 4.25. The quantitative estimate of drug-likeness (QED) is 0.561. The molecule has 2 atom stereocenters. The van der Waals surface area contributed by atoms with E-state index >= 15 is 0 Å². The van der Waals surface area contributed by atoms with Gasteiger partial charge in [0.05, 0.1) is 6.42 Å². The molecule has 0 aromatic carbocycles. The molecule has 1 rings (SSSR count). The summed E-state index contributed by atoms with van der Waals surface area (Å²) in [6, 6.07) is 0.257. The van der Waals surface area contributed by atoms with Crippen LogP contribution in [-0.4, -0.2) is 36.4 Å². The second-order valence-electron chi connectivity index (χ2n) is 3.16. The van der Waals surface area contributed by atoms with E-state index in [0.29, 0.717) is 19.4 Å². The smallest absolute Gasteiger partial charge is 0.307 e. The second kappa shape index (κ2) is 4.42. The first kappa shape index (κ1) is 9.48. The van der Waals surface area contributed by atoms with Crippen molar-refractivity contribution in [2.24, 2.45) is 0 Å². The van der Waals surface area contributed by atoms with E-state index in [1.807, 2.05) is 6.92 Å². The van der Waals surface area contributed by atoms with Gasteiger partial charge in [-0.3, -0.25) is 4.79 Å². The summed E-state index contributed by atoms with van der Waals surface area (Å²) in [4.78, 5) is 11.0. The van der Waals surface area contributed by atoms with Crippen LogP contribution < -0.4 is 5.32 Å². The first-order chi connectivity index (χ1) is 5.72. The summed E-state index contributed by atoms with van der Waals surface area (Å²) >= 11 is 0. The lowest BCUT2D eigenvalue weighted by molar-refractivity contribution is -0.143. The fraction of sp³-hybridized carbons (Fsp3) is 0.875. The first-order valence-corrected chi connectivity index (χ1v) is 4.25. The minimum atomic E-state index is -0.176. The van der Waals surface area contributed by atoms with Gasteiger partial charge < -0.3 is 15.2 Å². The Hall–Kier alpha value is -0.610. The number of cyclic esters (lactones) is 1. The van der Waals surface area contributed by atoms with E-state index in [9.17, 15) is 4.79 Å². The maximum Gasteiger partial charge on any atom is 0.307 e. The standard InChI is InChI=1S/C8H15NO3/c1-6-5-12-8(11)4-7(9-6)2-3-10/h6-7,9-10H,2-5H2,1H3/t6-,7?/m0/s1. The average molecular weight is 173 g/mol. The highest BCUT2D eigenvalue weighted by Gasteiger charge is 2.21. The molecular weight excluding hydrogens is 158 g/mol. The number of hydrogen-bond donors (Lipinski definition) is 2. The lowest BCUT2D eigenvalue weighted by atomic mass is 10.1. The molecule has 2 N–H and O–H groups in total. The molecule has 4 heteroatoms. The number of carbonyl (C=O) groups excluding carboxylic acids is 1. The molecule has 0 aromatic heterocycles. The van der Waals surface area contributed by atoms with Crippen molar-refractivity contribution in [3.8, 4) is 0 Å². The Morgan fingerprint density at radius 1 is 1.75 bits per heavy atom. The van der Waals surface area contributed by atoms with Gasteiger partial charge >= 0.3 is 5.97 Å². The van der Waals surface area contributed by atoms with Crippen LogP contribution in [0.15, 0.2) is 0 Å². The lowest BCUT2D eigenvalue weighted by Gasteiger charge is -2.15. The van der Waals surface area contributed by atoms with Crippen molar-refractivity contribution < 1.29 is 14.6 Å². The van der Waals surface area contributed by atoms with Crippen molar-refractivity contribution in [2.45, 2.75) is 31.8 Å². The van der Waals surface area contributed by atoms with Crippen LogP contribution in [0.3, 0.4) is 0 Å². The summed E-state index contributed by atoms with van der Waals surface area (Å²) in [7, 11) is 0. The zero-order chi connectivity index (χ0) is 8.97. The predicted molar refractivity (Wildman–Crippen MR) is 43.7 cm³/mol. The van der Waals surface area contributed by atoms with Crippen molar-refractivity contribution in [2.75, 3.05) is 13.2 Å². The third kappa shape index (κ3) is 2.79. The van der Waals surface area contributed by atoms with Crippen molar-refractivity contribution >= 4 is 5.97 Å². The number of rotatable bonds is 2. The van der Waals surface area contributed by atoms with Crippen LogP contribution in [-0.2, 0) is 9.53 Å². The van der Waals surface area contributed by atoms with Gasteiger partial charge in [0.2, 0.25) is 0 Å². The molecule has 1 fully saturated rings. The van der Waals surface area contributed by atoms with Gasteiger partial charge in [-0.25, -0.2) is 0 Å². The zero-order valence-electron chi connectivity index (χ0n) is 7.25. The Bertz CT molecular complexity index is 160. The van der Waals surface area contributed by atoms with E-state index in [1.54, 1.807) is 0 Å². The molecule has 0 aromatic rings. The van der Waals surface area contributed by atoms with Crippen LogP contribution in [0.5, 0.6) is 0 Å². The molecule has 0 bridgehead atoms. The normalized spacial score (nSPS) is 31.0. The summed E-state index contributed by atoms with van der Waals surface area (Å²) < 4.78 is 4.91. The monoisotopic (exact) mass is 173 g/mol. The molecule has 1 aliphatic heterocycles. The lowest BCUT2D eigenvalue weighted by Crippen LogP contribution is -2.37. The Morgan fingerprint density at radius 3 is 3.17 bits per heavy atom. The van der Waals surface area contributed by atoms with E-state index in [0.717, 1.165) is 0 Å². The van der Waals surface area contributed by atoms with Crippen LogP contribution >= 0.6 is 0 Å². The number of nitrogens with one attached hydrogen (secondary N) is 1. The molecule has 0 amide bonds. The number of esters is 1. The molecule has 0 spiro atoms. The number of ether oxygens (including phenoxy) is 1. The van der Waals surface area contributed by atoms with E-state index in [1.165, 1.54) is 0 Å². The SMILES string of the molecule is C[C@H]1COC(=O)CC(CCO)N1. The summed E-state index contributed by atoms with van der Waals surface area (Å²) in [5.41, 5.74) is 0. The topological polar surface area (TPSA) is 58.6 Å². The summed E-state index contributed by atoms with van der Waals surface area (Å²) in [6.07, 6.45) is 0.977. The minimum absolute atomic E-state index is 0.0694. The number of hydrogen-bond acceptors (Lipinski definition) is 4. The molecule has 4 nitrogen and oxygen atoms in total. The fourth-order valence-corrected chi connectivity index (χ4v) is 1.33. The van der Waals surface area contributed by atoms with Crippen LogP contribution in [0.4, 0.5) is 0 Å². The average Bonchev–Trinajstić information content (AvgIpc) is 2.14. The van der Waals surface area contributed by atoms with Gasteiger partial charge in [0, 0.05) is 18.7 Å². The van der Waals surface area contributed by atoms with Crippen molar-refractivity contribution in [3.05, 3.63) is 0 Å². The third-order valence-electron chi connectivity index (χ3n) is 1.91. The molecule has 1 unspecified atom stereocenters. The Kier molecular flexibility index (Phi) is 3.49. The molecule has 1 saturated heterocycles. The highest BCUT2D eigenvalue weighted by Crippen LogP contribution is 2.06. The highest BCUT2D eigenvalue weighted by atomic mass is 16.5. The van der Waals surface area contributed by atoms with Gasteiger partial charge in [-0.1, -0.05) is 0 Å². The Labute approximate surface area is 71.9 Å². The fourth-order valence-electron chi connectivity index (χ4n) is 1.33. The molecule has 70 valence electrons. The van der Waals surface area contributed by atoms with E-state index in [-0.39, 0.29) is 24.7 Å². The van der Waals surface area contributed by atoms with Gasteiger partial charge in [0.25, 0.3) is 0 Å². The molecule has 1 heterocycles. The Morgan fingerprint density at radius 2 is 2.50 bits per heavy atom. The van der Waals surface area contributed by atoms with Crippen LogP contribution in [0, 0.1) is 0 Å². The molecule has 1 aliphatic rings. The van der Waals surface area contributed by atoms with Gasteiger partial charge in [-0.05, 0) is 13.3 Å². The highest BCUT2D eigenvalue weighted by molar-refractivity contribution is 5.70. The molecule has 0 aliphatic carbocycles. The number of aliphatic hydroxyl groups excluding tert-OH is 1. The van der Waals surface area contributed by atoms with E-state index in [2.05, 4.69) is 5.32 Å². The van der Waals surface area contributed by atoms with E-state index in [4.69, 9.17) is 9.84 Å². The zero-order valence-corrected chi connectivity index (χ0v) is 7.25. The number of carbonyl (C=O) groups is 1. The summed E-state index contributed by atoms with van der Waals surface area (Å²) in [5, 5.41) is 11.9. The maximum absolute atomic E-state index is 11.0. The molecule has 0 saturated carbocycles. The van der Waals surface area contributed by atoms with Crippen LogP contribution in [0.1, 0.15) is 19.8 Å². The van der Waals surface area contributed by atoms with Crippen molar-refractivity contribution in [1.29, 1.82) is 0 Å². The largest absolute Gasteiger partial charge is 0.464 e. The van der Waals surface area contributed by atoms with Gasteiger partial charge in [-0.15, -0.1) is 0 Å². The molecule has 12 heavy (non-hydrogen) atoms. The van der Waals surface area contributed by atoms with E-state index < -0.39 is 0 Å².